The molecule has 142 valence electrons. The van der Waals surface area contributed by atoms with Gasteiger partial charge in [-0.15, -0.1) is 0 Å². The van der Waals surface area contributed by atoms with Gasteiger partial charge in [0.25, 0.3) is 5.91 Å². The number of rotatable bonds is 6. The Morgan fingerprint density at radius 1 is 1.11 bits per heavy atom. The minimum absolute atomic E-state index is 0.0631. The molecule has 1 amide bonds. The summed E-state index contributed by atoms with van der Waals surface area (Å²) in [4.78, 5) is 23.5. The van der Waals surface area contributed by atoms with Crippen LogP contribution in [0.25, 0.3) is 6.08 Å². The van der Waals surface area contributed by atoms with Crippen molar-refractivity contribution >= 4 is 17.8 Å². The number of amides is 1. The van der Waals surface area contributed by atoms with Crippen molar-refractivity contribution in [3.8, 4) is 5.75 Å². The van der Waals surface area contributed by atoms with Gasteiger partial charge in [0.05, 0.1) is 18.2 Å². The van der Waals surface area contributed by atoms with Gasteiger partial charge in [0, 0.05) is 6.54 Å². The Bertz CT molecular complexity index is 856. The van der Waals surface area contributed by atoms with Crippen molar-refractivity contribution in [2.75, 3.05) is 7.11 Å². The number of ether oxygens (including phenoxy) is 1. The van der Waals surface area contributed by atoms with E-state index in [1.54, 1.807) is 24.3 Å². The molecule has 0 bridgehead atoms. The average molecular weight is 377 g/mol. The largest absolute Gasteiger partial charge is 0.496 e. The van der Waals surface area contributed by atoms with E-state index in [2.05, 4.69) is 5.32 Å². The molecule has 0 saturated carbocycles. The molecule has 0 aliphatic heterocycles. The molecule has 1 N–H and O–H groups in total. The third kappa shape index (κ3) is 5.70. The third-order valence-corrected chi connectivity index (χ3v) is 3.71. The Labute approximate surface area is 154 Å². The second kappa shape index (κ2) is 8.53. The Hall–Kier alpha value is -3.09. The molecule has 0 atom stereocenters. The first-order valence-electron chi connectivity index (χ1n) is 8.01. The summed E-state index contributed by atoms with van der Waals surface area (Å²) in [5.74, 6) is -0.219. The van der Waals surface area contributed by atoms with Crippen molar-refractivity contribution in [3.05, 3.63) is 70.8 Å². The number of benzene rings is 2. The van der Waals surface area contributed by atoms with Gasteiger partial charge in [-0.2, -0.15) is 13.2 Å². The van der Waals surface area contributed by atoms with Gasteiger partial charge in [-0.05, 0) is 48.4 Å². The van der Waals surface area contributed by atoms with Gasteiger partial charge in [0.2, 0.25) is 0 Å². The zero-order chi connectivity index (χ0) is 20.0. The number of carbonyl (C=O) groups is 2. The van der Waals surface area contributed by atoms with Crippen LogP contribution in [0.4, 0.5) is 13.2 Å². The number of halogens is 3. The topological polar surface area (TPSA) is 55.4 Å². The molecule has 4 nitrogen and oxygen atoms in total. The zero-order valence-corrected chi connectivity index (χ0v) is 14.8. The first-order chi connectivity index (χ1) is 12.7. The number of allylic oxidation sites excluding steroid dienone is 1. The maximum atomic E-state index is 12.6. The number of alkyl halides is 3. The number of nitrogens with one attached hydrogen (secondary N) is 1. The second-order valence-corrected chi connectivity index (χ2v) is 5.78. The molecule has 2 aromatic carbocycles. The summed E-state index contributed by atoms with van der Waals surface area (Å²) in [6.07, 6.45) is -1.44. The summed E-state index contributed by atoms with van der Waals surface area (Å²) in [5.41, 5.74) is 0.688. The molecular weight excluding hydrogens is 359 g/mol. The maximum absolute atomic E-state index is 12.6. The molecule has 0 unspecified atom stereocenters. The minimum Gasteiger partial charge on any atom is -0.496 e. The lowest BCUT2D eigenvalue weighted by atomic mass is 10.1. The summed E-state index contributed by atoms with van der Waals surface area (Å²) in [6.45, 7) is 1.48. The predicted octanol–water partition coefficient (Wildman–Crippen LogP) is 4.25. The van der Waals surface area contributed by atoms with E-state index >= 15 is 0 Å². The summed E-state index contributed by atoms with van der Waals surface area (Å²) < 4.78 is 42.9. The summed E-state index contributed by atoms with van der Waals surface area (Å²) in [7, 11) is 1.42. The van der Waals surface area contributed by atoms with Crippen molar-refractivity contribution in [2.24, 2.45) is 0 Å². The monoisotopic (exact) mass is 377 g/mol. The molecule has 2 aromatic rings. The number of hydrogen-bond acceptors (Lipinski definition) is 3. The number of ketones is 1. The fourth-order valence-corrected chi connectivity index (χ4v) is 2.31. The predicted molar refractivity (Wildman–Crippen MR) is 95.3 cm³/mol. The Kier molecular flexibility index (Phi) is 6.39. The van der Waals surface area contributed by atoms with Crippen LogP contribution in [0.1, 0.15) is 34.0 Å². The molecule has 2 rings (SSSR count). The molecule has 0 aliphatic carbocycles. The van der Waals surface area contributed by atoms with Crippen molar-refractivity contribution in [2.45, 2.75) is 19.6 Å². The van der Waals surface area contributed by atoms with E-state index in [-0.39, 0.29) is 17.9 Å². The van der Waals surface area contributed by atoms with Gasteiger partial charge in [0.15, 0.2) is 5.78 Å². The SMILES string of the molecule is COc1ccc(/C=C/C(C)=O)cc1C(=O)NCc1ccc(C(F)(F)F)cc1. The molecule has 0 aromatic heterocycles. The number of hydrogen-bond donors (Lipinski definition) is 1. The highest BCUT2D eigenvalue weighted by atomic mass is 19.4. The van der Waals surface area contributed by atoms with Crippen molar-refractivity contribution in [1.82, 2.24) is 5.32 Å². The van der Waals surface area contributed by atoms with E-state index < -0.39 is 17.6 Å². The standard InChI is InChI=1S/C20H18F3NO3/c1-13(25)3-4-14-7-10-18(27-2)17(11-14)19(26)24-12-15-5-8-16(9-6-15)20(21,22)23/h3-11H,12H2,1-2H3,(H,24,26)/b4-3+. The van der Waals surface area contributed by atoms with Crippen LogP contribution >= 0.6 is 0 Å². The minimum atomic E-state index is -4.40. The number of methoxy groups -OCH3 is 1. The van der Waals surface area contributed by atoms with E-state index in [1.807, 2.05) is 0 Å². The smallest absolute Gasteiger partial charge is 0.416 e. The molecule has 0 aliphatic rings. The molecular formula is C20H18F3NO3. The van der Waals surface area contributed by atoms with E-state index in [4.69, 9.17) is 4.74 Å². The molecule has 0 fully saturated rings. The second-order valence-electron chi connectivity index (χ2n) is 5.78. The van der Waals surface area contributed by atoms with Crippen LogP contribution in [-0.4, -0.2) is 18.8 Å². The molecule has 0 saturated heterocycles. The Morgan fingerprint density at radius 3 is 2.33 bits per heavy atom. The highest BCUT2D eigenvalue weighted by Gasteiger charge is 2.29. The molecule has 0 spiro atoms. The summed E-state index contributed by atoms with van der Waals surface area (Å²) in [6, 6.07) is 9.43. The Morgan fingerprint density at radius 2 is 1.78 bits per heavy atom. The van der Waals surface area contributed by atoms with Crippen LogP contribution in [0.3, 0.4) is 0 Å². The van der Waals surface area contributed by atoms with Gasteiger partial charge in [0.1, 0.15) is 5.75 Å². The average Bonchev–Trinajstić information content (AvgIpc) is 2.63. The highest BCUT2D eigenvalue weighted by Crippen LogP contribution is 2.29. The lowest BCUT2D eigenvalue weighted by Gasteiger charge is -2.11. The van der Waals surface area contributed by atoms with E-state index in [9.17, 15) is 22.8 Å². The van der Waals surface area contributed by atoms with Gasteiger partial charge >= 0.3 is 6.18 Å². The number of carbonyl (C=O) groups excluding carboxylic acids is 2. The summed E-state index contributed by atoms with van der Waals surface area (Å²) >= 11 is 0. The zero-order valence-electron chi connectivity index (χ0n) is 14.8. The Balaban J connectivity index is 2.12. The highest BCUT2D eigenvalue weighted by molar-refractivity contribution is 5.98. The van der Waals surface area contributed by atoms with Crippen LogP contribution in [0, 0.1) is 0 Å². The molecule has 27 heavy (non-hydrogen) atoms. The van der Waals surface area contributed by atoms with Crippen molar-refractivity contribution in [1.29, 1.82) is 0 Å². The van der Waals surface area contributed by atoms with Crippen LogP contribution in [0.15, 0.2) is 48.5 Å². The maximum Gasteiger partial charge on any atom is 0.416 e. The normalized spacial score (nSPS) is 11.4. The van der Waals surface area contributed by atoms with Crippen LogP contribution < -0.4 is 10.1 Å². The van der Waals surface area contributed by atoms with Gasteiger partial charge in [-0.3, -0.25) is 9.59 Å². The van der Waals surface area contributed by atoms with E-state index in [0.717, 1.165) is 12.1 Å². The van der Waals surface area contributed by atoms with Crippen LogP contribution in [0.2, 0.25) is 0 Å². The van der Waals surface area contributed by atoms with Crippen LogP contribution in [0.5, 0.6) is 5.75 Å². The van der Waals surface area contributed by atoms with Gasteiger partial charge < -0.3 is 10.1 Å². The third-order valence-electron chi connectivity index (χ3n) is 3.71. The van der Waals surface area contributed by atoms with Crippen molar-refractivity contribution < 1.29 is 27.5 Å². The first kappa shape index (κ1) is 20.2. The fourth-order valence-electron chi connectivity index (χ4n) is 2.31. The first-order valence-corrected chi connectivity index (χ1v) is 8.01. The fraction of sp³-hybridized carbons (Fsp3) is 0.200. The lowest BCUT2D eigenvalue weighted by molar-refractivity contribution is -0.137. The van der Waals surface area contributed by atoms with Gasteiger partial charge in [-0.25, -0.2) is 0 Å². The van der Waals surface area contributed by atoms with Crippen molar-refractivity contribution in [3.63, 3.8) is 0 Å². The van der Waals surface area contributed by atoms with Crippen LogP contribution in [-0.2, 0) is 17.5 Å². The molecule has 0 heterocycles. The quantitative estimate of drug-likeness (QED) is 0.766. The molecule has 7 heteroatoms. The lowest BCUT2D eigenvalue weighted by Crippen LogP contribution is -2.23. The van der Waals surface area contributed by atoms with E-state index in [0.29, 0.717) is 16.9 Å². The van der Waals surface area contributed by atoms with Gasteiger partial charge in [-0.1, -0.05) is 24.3 Å². The van der Waals surface area contributed by atoms with E-state index in [1.165, 1.54) is 32.2 Å². The molecule has 0 radical (unpaired) electrons. The summed E-state index contributed by atoms with van der Waals surface area (Å²) in [5, 5.41) is 2.65.